The molecule has 39 heavy (non-hydrogen) atoms. The largest absolute Gasteiger partial charge is 0.491 e. The lowest BCUT2D eigenvalue weighted by Gasteiger charge is -2.37. The first kappa shape index (κ1) is 28.7. The number of hydrogen-bond acceptors (Lipinski definition) is 4. The van der Waals surface area contributed by atoms with Crippen LogP contribution < -0.4 is 10.1 Å². The van der Waals surface area contributed by atoms with Gasteiger partial charge in [-0.3, -0.25) is 4.79 Å². The summed E-state index contributed by atoms with van der Waals surface area (Å²) >= 11 is 1.73. The van der Waals surface area contributed by atoms with Crippen LogP contribution in [0.3, 0.4) is 0 Å². The second-order valence-electron chi connectivity index (χ2n) is 10.9. The van der Waals surface area contributed by atoms with Crippen molar-refractivity contribution < 1.29 is 14.3 Å². The Morgan fingerprint density at radius 3 is 2.46 bits per heavy atom. The molecule has 4 rings (SSSR count). The van der Waals surface area contributed by atoms with Crippen molar-refractivity contribution in [3.63, 3.8) is 0 Å². The standard InChI is InChI=1S/C32H41N3O3S/c1-6-23(4)19-34(32(37)33-26-11-7-24(5)8-12-26)20-31(36)35-17-15-30-28(16-18-39-30)29(35)21-38-27-13-9-25(10-14-27)22(2)3/h7-14,16,18,22-23,29H,6,15,17,19-21H2,1-5H3,(H,33,37)/t23-,29-/m1/s1. The Morgan fingerprint density at radius 2 is 1.79 bits per heavy atom. The minimum atomic E-state index is -0.251. The van der Waals surface area contributed by atoms with E-state index in [2.05, 4.69) is 56.6 Å². The van der Waals surface area contributed by atoms with Gasteiger partial charge in [-0.05, 0) is 72.0 Å². The second kappa shape index (κ2) is 13.2. The number of carbonyl (C=O) groups is 2. The third-order valence-electron chi connectivity index (χ3n) is 7.52. The molecule has 0 spiro atoms. The van der Waals surface area contributed by atoms with Gasteiger partial charge in [-0.2, -0.15) is 0 Å². The number of nitrogens with one attached hydrogen (secondary N) is 1. The van der Waals surface area contributed by atoms with E-state index in [4.69, 9.17) is 4.74 Å². The van der Waals surface area contributed by atoms with Crippen LogP contribution in [0.5, 0.6) is 5.75 Å². The van der Waals surface area contributed by atoms with E-state index >= 15 is 0 Å². The third kappa shape index (κ3) is 7.41. The molecule has 0 aliphatic carbocycles. The lowest BCUT2D eigenvalue weighted by molar-refractivity contribution is -0.135. The first-order chi connectivity index (χ1) is 18.7. The maximum Gasteiger partial charge on any atom is 0.322 e. The molecule has 2 atom stereocenters. The number of ether oxygens (including phenoxy) is 1. The van der Waals surface area contributed by atoms with E-state index < -0.39 is 0 Å². The van der Waals surface area contributed by atoms with Crippen molar-refractivity contribution in [2.45, 2.75) is 59.4 Å². The number of thiophene rings is 1. The van der Waals surface area contributed by atoms with Gasteiger partial charge in [0.1, 0.15) is 18.9 Å². The maximum atomic E-state index is 13.8. The molecule has 6 nitrogen and oxygen atoms in total. The number of aryl methyl sites for hydroxylation is 1. The zero-order chi connectivity index (χ0) is 27.9. The number of carbonyl (C=O) groups excluding carboxylic acids is 2. The lowest BCUT2D eigenvalue weighted by Crippen LogP contribution is -2.49. The van der Waals surface area contributed by atoms with E-state index in [1.807, 2.05) is 48.2 Å². The Labute approximate surface area is 237 Å². The normalized spacial score (nSPS) is 15.5. The molecule has 1 aromatic heterocycles. The Bertz CT molecular complexity index is 1240. The molecular weight excluding hydrogens is 506 g/mol. The van der Waals surface area contributed by atoms with Crippen molar-refractivity contribution in [1.29, 1.82) is 0 Å². The highest BCUT2D eigenvalue weighted by Crippen LogP contribution is 2.34. The molecule has 0 saturated heterocycles. The predicted molar refractivity (Wildman–Crippen MR) is 160 cm³/mol. The van der Waals surface area contributed by atoms with Crippen LogP contribution in [0.25, 0.3) is 0 Å². The summed E-state index contributed by atoms with van der Waals surface area (Å²) in [6.07, 6.45) is 1.75. The third-order valence-corrected chi connectivity index (χ3v) is 8.51. The van der Waals surface area contributed by atoms with E-state index in [1.54, 1.807) is 16.2 Å². The zero-order valence-electron chi connectivity index (χ0n) is 23.8. The van der Waals surface area contributed by atoms with E-state index in [-0.39, 0.29) is 30.4 Å². The predicted octanol–water partition coefficient (Wildman–Crippen LogP) is 7.26. The fraction of sp³-hybridized carbons (Fsp3) is 0.438. The SMILES string of the molecule is CC[C@@H](C)CN(CC(=O)N1CCc2sccc2[C@H]1COc1ccc(C(C)C)cc1)C(=O)Nc1ccc(C)cc1. The van der Waals surface area contributed by atoms with Crippen LogP contribution in [-0.4, -0.2) is 48.0 Å². The summed E-state index contributed by atoms with van der Waals surface area (Å²) in [4.78, 5) is 32.0. The summed E-state index contributed by atoms with van der Waals surface area (Å²) in [5, 5.41) is 5.07. The Kier molecular flexibility index (Phi) is 9.68. The molecule has 1 N–H and O–H groups in total. The molecule has 208 valence electrons. The van der Waals surface area contributed by atoms with Crippen LogP contribution in [0.2, 0.25) is 0 Å². The molecule has 7 heteroatoms. The first-order valence-electron chi connectivity index (χ1n) is 14.0. The highest BCUT2D eigenvalue weighted by Gasteiger charge is 2.33. The summed E-state index contributed by atoms with van der Waals surface area (Å²) < 4.78 is 6.23. The molecule has 1 aliphatic rings. The second-order valence-corrected chi connectivity index (χ2v) is 11.9. The van der Waals surface area contributed by atoms with Crippen molar-refractivity contribution in [1.82, 2.24) is 9.80 Å². The number of fused-ring (bicyclic) bond motifs is 1. The van der Waals surface area contributed by atoms with Crippen molar-refractivity contribution >= 4 is 29.0 Å². The summed E-state index contributed by atoms with van der Waals surface area (Å²) in [5.41, 5.74) is 4.27. The average Bonchev–Trinajstić information content (AvgIpc) is 3.42. The van der Waals surface area contributed by atoms with Crippen LogP contribution in [-0.2, 0) is 11.2 Å². The van der Waals surface area contributed by atoms with Gasteiger partial charge < -0.3 is 19.9 Å². The van der Waals surface area contributed by atoms with Crippen LogP contribution in [0, 0.1) is 12.8 Å². The number of amides is 3. The van der Waals surface area contributed by atoms with Gasteiger partial charge in [-0.25, -0.2) is 4.79 Å². The molecule has 0 fully saturated rings. The van der Waals surface area contributed by atoms with Crippen LogP contribution in [0.4, 0.5) is 10.5 Å². The Hall–Kier alpha value is -3.32. The smallest absolute Gasteiger partial charge is 0.322 e. The highest BCUT2D eigenvalue weighted by molar-refractivity contribution is 7.10. The molecular formula is C32H41N3O3S. The maximum absolute atomic E-state index is 13.8. The highest BCUT2D eigenvalue weighted by atomic mass is 32.1. The molecule has 0 bridgehead atoms. The average molecular weight is 548 g/mol. The molecule has 0 unspecified atom stereocenters. The molecule has 3 aromatic rings. The molecule has 1 aliphatic heterocycles. The van der Waals surface area contributed by atoms with Gasteiger partial charge in [0, 0.05) is 23.7 Å². The van der Waals surface area contributed by atoms with Crippen molar-refractivity contribution in [2.24, 2.45) is 5.92 Å². The van der Waals surface area contributed by atoms with Crippen LogP contribution >= 0.6 is 11.3 Å². The molecule has 0 saturated carbocycles. The number of benzene rings is 2. The van der Waals surface area contributed by atoms with E-state index in [1.165, 1.54) is 10.4 Å². The van der Waals surface area contributed by atoms with Crippen molar-refractivity contribution in [2.75, 3.05) is 31.6 Å². The zero-order valence-corrected chi connectivity index (χ0v) is 24.6. The fourth-order valence-electron chi connectivity index (χ4n) is 4.82. The number of urea groups is 1. The van der Waals surface area contributed by atoms with Gasteiger partial charge in [0.2, 0.25) is 5.91 Å². The molecule has 2 heterocycles. The summed E-state index contributed by atoms with van der Waals surface area (Å²) in [5.74, 6) is 1.47. The van der Waals surface area contributed by atoms with Crippen molar-refractivity contribution in [3.05, 3.63) is 81.5 Å². The monoisotopic (exact) mass is 547 g/mol. The fourth-order valence-corrected chi connectivity index (χ4v) is 5.75. The Morgan fingerprint density at radius 1 is 1.08 bits per heavy atom. The minimum Gasteiger partial charge on any atom is -0.491 e. The summed E-state index contributed by atoms with van der Waals surface area (Å²) in [7, 11) is 0. The van der Waals surface area contributed by atoms with Crippen LogP contribution in [0.1, 0.15) is 67.6 Å². The van der Waals surface area contributed by atoms with Crippen LogP contribution in [0.15, 0.2) is 60.0 Å². The number of hydrogen-bond donors (Lipinski definition) is 1. The minimum absolute atomic E-state index is 0.0289. The topological polar surface area (TPSA) is 61.9 Å². The quantitative estimate of drug-likeness (QED) is 0.290. The summed E-state index contributed by atoms with van der Waals surface area (Å²) in [6.45, 7) is 12.1. The van der Waals surface area contributed by atoms with E-state index in [0.29, 0.717) is 25.6 Å². The molecule has 2 aromatic carbocycles. The number of nitrogens with zero attached hydrogens (tertiary/aromatic N) is 2. The number of anilines is 1. The molecule has 3 amide bonds. The lowest BCUT2D eigenvalue weighted by atomic mass is 10.00. The van der Waals surface area contributed by atoms with Gasteiger partial charge in [0.05, 0.1) is 6.04 Å². The van der Waals surface area contributed by atoms with Gasteiger partial charge >= 0.3 is 6.03 Å². The van der Waals surface area contributed by atoms with Gasteiger partial charge in [0.25, 0.3) is 0 Å². The Balaban J connectivity index is 1.49. The molecule has 0 radical (unpaired) electrons. The first-order valence-corrected chi connectivity index (χ1v) is 14.8. The van der Waals surface area contributed by atoms with Gasteiger partial charge in [0.15, 0.2) is 0 Å². The van der Waals surface area contributed by atoms with E-state index in [0.717, 1.165) is 35.4 Å². The number of rotatable bonds is 10. The van der Waals surface area contributed by atoms with E-state index in [9.17, 15) is 9.59 Å². The van der Waals surface area contributed by atoms with Crippen molar-refractivity contribution in [3.8, 4) is 5.75 Å². The summed E-state index contributed by atoms with van der Waals surface area (Å²) in [6, 6.07) is 17.6. The van der Waals surface area contributed by atoms with Gasteiger partial charge in [-0.1, -0.05) is 63.9 Å². The van der Waals surface area contributed by atoms with Gasteiger partial charge in [-0.15, -0.1) is 11.3 Å².